The molecule has 0 saturated carbocycles. The minimum absolute atomic E-state index is 0.585. The van der Waals surface area contributed by atoms with Crippen LogP contribution in [0.3, 0.4) is 0 Å². The van der Waals surface area contributed by atoms with Gasteiger partial charge in [0.15, 0.2) is 0 Å². The van der Waals surface area contributed by atoms with E-state index in [-0.39, 0.29) is 0 Å². The highest BCUT2D eigenvalue weighted by Gasteiger charge is 2.10. The van der Waals surface area contributed by atoms with Gasteiger partial charge in [-0.15, -0.1) is 11.3 Å². The number of hydrogen-bond acceptors (Lipinski definition) is 3. The van der Waals surface area contributed by atoms with Crippen molar-refractivity contribution in [3.05, 3.63) is 46.9 Å². The van der Waals surface area contributed by atoms with Gasteiger partial charge in [-0.25, -0.2) is 0 Å². The van der Waals surface area contributed by atoms with Crippen LogP contribution in [0.25, 0.3) is 10.1 Å². The Morgan fingerprint density at radius 2 is 2.18 bits per heavy atom. The predicted molar refractivity (Wildman–Crippen MR) is 74.2 cm³/mol. The van der Waals surface area contributed by atoms with E-state index in [1.165, 1.54) is 20.5 Å². The molecule has 1 aromatic carbocycles. The highest BCUT2D eigenvalue weighted by Crippen LogP contribution is 2.31. The van der Waals surface area contributed by atoms with Gasteiger partial charge in [0.25, 0.3) is 0 Å². The highest BCUT2D eigenvalue weighted by atomic mass is 32.1. The van der Waals surface area contributed by atoms with E-state index in [4.69, 9.17) is 10.5 Å². The Bertz CT molecular complexity index is 516. The monoisotopic (exact) mass is 247 g/mol. The number of nitrogens with two attached hydrogens (primary N) is 1. The van der Waals surface area contributed by atoms with Gasteiger partial charge in [0, 0.05) is 21.7 Å². The maximum Gasteiger partial charge on any atom is 0.0738 e. The van der Waals surface area contributed by atoms with Crippen molar-refractivity contribution in [3.63, 3.8) is 0 Å². The Labute approximate surface area is 106 Å². The van der Waals surface area contributed by atoms with Crippen LogP contribution >= 0.6 is 11.3 Å². The third-order valence-corrected chi connectivity index (χ3v) is 3.90. The minimum atomic E-state index is 0.585. The molecule has 0 aliphatic rings. The summed E-state index contributed by atoms with van der Waals surface area (Å²) in [5.41, 5.74) is 7.03. The van der Waals surface area contributed by atoms with Crippen LogP contribution in [0.2, 0.25) is 0 Å². The minimum Gasteiger partial charge on any atom is -0.373 e. The van der Waals surface area contributed by atoms with Gasteiger partial charge in [0.2, 0.25) is 0 Å². The topological polar surface area (TPSA) is 35.2 Å². The number of ether oxygens (including phenoxy) is 1. The first-order chi connectivity index (χ1) is 8.36. The number of rotatable bonds is 5. The van der Waals surface area contributed by atoms with Gasteiger partial charge < -0.3 is 10.5 Å². The molecule has 0 bridgehead atoms. The molecule has 0 amide bonds. The summed E-state index contributed by atoms with van der Waals surface area (Å²) < 4.78 is 6.92. The average molecular weight is 247 g/mol. The average Bonchev–Trinajstić information content (AvgIpc) is 2.73. The van der Waals surface area contributed by atoms with E-state index in [9.17, 15) is 0 Å². The summed E-state index contributed by atoms with van der Waals surface area (Å²) in [5.74, 6) is 0. The largest absolute Gasteiger partial charge is 0.373 e. The molecule has 0 radical (unpaired) electrons. The summed E-state index contributed by atoms with van der Waals surface area (Å²) in [4.78, 5) is 1.23. The molecule has 2 aromatic rings. The fraction of sp³-hybridized carbons (Fsp3) is 0.286. The Morgan fingerprint density at radius 3 is 2.94 bits per heavy atom. The maximum absolute atomic E-state index is 5.79. The van der Waals surface area contributed by atoms with E-state index in [2.05, 4.69) is 24.3 Å². The number of hydrogen-bond donors (Lipinski definition) is 1. The lowest BCUT2D eigenvalue weighted by Crippen LogP contribution is -2.00. The fourth-order valence-corrected chi connectivity index (χ4v) is 2.89. The van der Waals surface area contributed by atoms with Crippen LogP contribution in [0.5, 0.6) is 0 Å². The molecule has 0 fully saturated rings. The van der Waals surface area contributed by atoms with Crippen LogP contribution in [0.1, 0.15) is 17.4 Å². The molecule has 17 heavy (non-hydrogen) atoms. The molecule has 1 aromatic heterocycles. The fourth-order valence-electron chi connectivity index (χ4n) is 1.80. The molecule has 0 aliphatic heterocycles. The summed E-state index contributed by atoms with van der Waals surface area (Å²) in [7, 11) is 0. The van der Waals surface area contributed by atoms with E-state index in [0.717, 1.165) is 0 Å². The predicted octanol–water partition coefficient (Wildman–Crippen LogP) is 3.45. The van der Waals surface area contributed by atoms with Crippen molar-refractivity contribution in [2.45, 2.75) is 20.1 Å². The van der Waals surface area contributed by atoms with Crippen molar-refractivity contribution in [1.82, 2.24) is 0 Å². The maximum atomic E-state index is 5.79. The lowest BCUT2D eigenvalue weighted by atomic mass is 10.1. The first kappa shape index (κ1) is 12.3. The quantitative estimate of drug-likeness (QED) is 0.648. The Kier molecular flexibility index (Phi) is 4.31. The van der Waals surface area contributed by atoms with E-state index in [1.807, 2.05) is 19.1 Å². The summed E-state index contributed by atoms with van der Waals surface area (Å²) in [6.45, 7) is 3.88. The summed E-state index contributed by atoms with van der Waals surface area (Å²) in [6, 6.07) is 8.39. The van der Waals surface area contributed by atoms with Gasteiger partial charge in [-0.3, -0.25) is 0 Å². The van der Waals surface area contributed by atoms with Crippen LogP contribution in [0.4, 0.5) is 0 Å². The van der Waals surface area contributed by atoms with Crippen LogP contribution in [-0.4, -0.2) is 6.61 Å². The molecule has 0 unspecified atom stereocenters. The molecular weight excluding hydrogens is 230 g/mol. The highest BCUT2D eigenvalue weighted by molar-refractivity contribution is 7.19. The molecule has 0 saturated heterocycles. The summed E-state index contributed by atoms with van der Waals surface area (Å²) in [6.07, 6.45) is 4.01. The van der Waals surface area contributed by atoms with Gasteiger partial charge in [-0.05, 0) is 18.4 Å². The zero-order valence-electron chi connectivity index (χ0n) is 9.98. The van der Waals surface area contributed by atoms with Crippen molar-refractivity contribution in [1.29, 1.82) is 0 Å². The van der Waals surface area contributed by atoms with Crippen LogP contribution in [0.15, 0.2) is 36.4 Å². The Balaban J connectivity index is 2.24. The summed E-state index contributed by atoms with van der Waals surface area (Å²) >= 11 is 1.76. The lowest BCUT2D eigenvalue weighted by molar-refractivity contribution is 0.149. The zero-order valence-corrected chi connectivity index (χ0v) is 10.8. The molecule has 0 aliphatic carbocycles. The standard InChI is InChI=1S/C14H17NOS/c1-2-3-8-16-10-12-11-6-4-5-7-13(11)17-14(12)9-15/h2-7H,8-10,15H2,1H3. The SMILES string of the molecule is CC=CCOCc1c(CN)sc2ccccc12. The number of thiophene rings is 1. The van der Waals surface area contributed by atoms with Crippen molar-refractivity contribution in [2.75, 3.05) is 6.61 Å². The van der Waals surface area contributed by atoms with Crippen molar-refractivity contribution >= 4 is 21.4 Å². The van der Waals surface area contributed by atoms with Gasteiger partial charge in [-0.2, -0.15) is 0 Å². The lowest BCUT2D eigenvalue weighted by Gasteiger charge is -2.03. The molecule has 2 nitrogen and oxygen atoms in total. The molecule has 3 heteroatoms. The van der Waals surface area contributed by atoms with Crippen LogP contribution < -0.4 is 5.73 Å². The van der Waals surface area contributed by atoms with E-state index in [0.29, 0.717) is 19.8 Å². The van der Waals surface area contributed by atoms with E-state index in [1.54, 1.807) is 11.3 Å². The normalized spacial score (nSPS) is 11.6. The first-order valence-electron chi connectivity index (χ1n) is 5.75. The Hall–Kier alpha value is -1.16. The second kappa shape index (κ2) is 5.96. The van der Waals surface area contributed by atoms with Crippen LogP contribution in [0, 0.1) is 0 Å². The van der Waals surface area contributed by atoms with Gasteiger partial charge >= 0.3 is 0 Å². The Morgan fingerprint density at radius 1 is 1.35 bits per heavy atom. The second-order valence-corrected chi connectivity index (χ2v) is 4.92. The molecular formula is C14H17NOS. The van der Waals surface area contributed by atoms with Crippen molar-refractivity contribution in [2.24, 2.45) is 5.73 Å². The van der Waals surface area contributed by atoms with Crippen molar-refractivity contribution < 1.29 is 4.74 Å². The summed E-state index contributed by atoms with van der Waals surface area (Å²) in [5, 5.41) is 1.28. The molecule has 2 rings (SSSR count). The van der Waals surface area contributed by atoms with E-state index < -0.39 is 0 Å². The molecule has 1 heterocycles. The molecule has 90 valence electrons. The van der Waals surface area contributed by atoms with Gasteiger partial charge in [0.1, 0.15) is 0 Å². The smallest absolute Gasteiger partial charge is 0.0738 e. The molecule has 0 atom stereocenters. The second-order valence-electron chi connectivity index (χ2n) is 3.79. The number of allylic oxidation sites excluding steroid dienone is 1. The van der Waals surface area contributed by atoms with Crippen LogP contribution in [-0.2, 0) is 17.9 Å². The number of fused-ring (bicyclic) bond motifs is 1. The third kappa shape index (κ3) is 2.75. The first-order valence-corrected chi connectivity index (χ1v) is 6.56. The van der Waals surface area contributed by atoms with E-state index >= 15 is 0 Å². The molecule has 2 N–H and O–H groups in total. The zero-order chi connectivity index (χ0) is 12.1. The van der Waals surface area contributed by atoms with Crippen molar-refractivity contribution in [3.8, 4) is 0 Å². The van der Waals surface area contributed by atoms with Gasteiger partial charge in [-0.1, -0.05) is 30.4 Å². The molecule has 0 spiro atoms. The van der Waals surface area contributed by atoms with Gasteiger partial charge in [0.05, 0.1) is 13.2 Å². The third-order valence-electron chi connectivity index (χ3n) is 2.66. The number of benzene rings is 1.